The summed E-state index contributed by atoms with van der Waals surface area (Å²) in [6.45, 7) is -0.0849. The van der Waals surface area contributed by atoms with Gasteiger partial charge in [0.2, 0.25) is 11.8 Å². The van der Waals surface area contributed by atoms with E-state index >= 15 is 0 Å². The molecule has 1 fully saturated rings. The average Bonchev–Trinajstić information content (AvgIpc) is 2.90. The minimum atomic E-state index is -4.45. The Morgan fingerprint density at radius 3 is 2.29 bits per heavy atom. The molecule has 10 heteroatoms. The lowest BCUT2D eigenvalue weighted by Crippen LogP contribution is -2.51. The second-order valence-corrected chi connectivity index (χ2v) is 8.94. The Morgan fingerprint density at radius 2 is 1.68 bits per heavy atom. The predicted molar refractivity (Wildman–Crippen MR) is 133 cm³/mol. The van der Waals surface area contributed by atoms with Gasteiger partial charge in [-0.15, -0.1) is 0 Å². The van der Waals surface area contributed by atoms with Crippen LogP contribution in [-0.4, -0.2) is 48.2 Å². The number of hydrogen-bond donors (Lipinski definition) is 2. The number of carbonyl (C=O) groups is 2. The zero-order valence-electron chi connectivity index (χ0n) is 20.6. The topological polar surface area (TPSA) is 88.1 Å². The number of amides is 2. The van der Waals surface area contributed by atoms with Gasteiger partial charge in [0.05, 0.1) is 31.7 Å². The summed E-state index contributed by atoms with van der Waals surface area (Å²) in [5.74, 6) is 0.117. The molecule has 1 heterocycles. The molecular formula is C28H27F3N2O5. The number of rotatable bonds is 8. The van der Waals surface area contributed by atoms with Crippen molar-refractivity contribution in [2.24, 2.45) is 0 Å². The SMILES string of the molecule is COc1ccc(CC(=O)Nc2ccc(C(O)C3COCC(=O)N3Cc3ccc(C(F)(F)F)cc3)cc2)cc1. The number of methoxy groups -OCH3 is 1. The van der Waals surface area contributed by atoms with Crippen LogP contribution in [0.25, 0.3) is 0 Å². The molecule has 0 aromatic heterocycles. The van der Waals surface area contributed by atoms with E-state index in [1.54, 1.807) is 43.5 Å². The van der Waals surface area contributed by atoms with E-state index in [2.05, 4.69) is 5.32 Å². The maximum absolute atomic E-state index is 12.9. The van der Waals surface area contributed by atoms with Crippen LogP contribution < -0.4 is 10.1 Å². The van der Waals surface area contributed by atoms with Crippen molar-refractivity contribution in [3.05, 3.63) is 95.1 Å². The maximum Gasteiger partial charge on any atom is 0.416 e. The van der Waals surface area contributed by atoms with Crippen molar-refractivity contribution in [1.82, 2.24) is 4.90 Å². The van der Waals surface area contributed by atoms with Gasteiger partial charge in [-0.1, -0.05) is 36.4 Å². The predicted octanol–water partition coefficient (Wildman–Crippen LogP) is 4.36. The van der Waals surface area contributed by atoms with Crippen LogP contribution in [0, 0.1) is 0 Å². The van der Waals surface area contributed by atoms with Gasteiger partial charge in [0, 0.05) is 12.2 Å². The smallest absolute Gasteiger partial charge is 0.416 e. The normalized spacial score (nSPS) is 16.7. The first-order valence-electron chi connectivity index (χ1n) is 11.9. The molecule has 3 aromatic rings. The van der Waals surface area contributed by atoms with E-state index in [4.69, 9.17) is 9.47 Å². The van der Waals surface area contributed by atoms with E-state index in [1.807, 2.05) is 12.1 Å². The monoisotopic (exact) mass is 528 g/mol. The molecule has 2 atom stereocenters. The van der Waals surface area contributed by atoms with E-state index in [1.165, 1.54) is 17.0 Å². The molecule has 1 aliphatic rings. The highest BCUT2D eigenvalue weighted by Gasteiger charge is 2.35. The zero-order valence-corrected chi connectivity index (χ0v) is 20.6. The number of hydrogen-bond acceptors (Lipinski definition) is 5. The summed E-state index contributed by atoms with van der Waals surface area (Å²) >= 11 is 0. The van der Waals surface area contributed by atoms with Crippen LogP contribution in [0.4, 0.5) is 18.9 Å². The number of nitrogens with one attached hydrogen (secondary N) is 1. The number of carbonyl (C=O) groups excluding carboxylic acids is 2. The Balaban J connectivity index is 1.40. The van der Waals surface area contributed by atoms with E-state index in [0.29, 0.717) is 22.6 Å². The van der Waals surface area contributed by atoms with Crippen molar-refractivity contribution in [1.29, 1.82) is 0 Å². The Labute approximate surface area is 217 Å². The lowest BCUT2D eigenvalue weighted by molar-refractivity contribution is -0.155. The van der Waals surface area contributed by atoms with E-state index in [0.717, 1.165) is 17.7 Å². The first-order chi connectivity index (χ1) is 18.1. The number of ether oxygens (including phenoxy) is 2. The van der Waals surface area contributed by atoms with Crippen molar-refractivity contribution in [2.45, 2.75) is 31.3 Å². The Kier molecular flexibility index (Phi) is 8.33. The average molecular weight is 529 g/mol. The quantitative estimate of drug-likeness (QED) is 0.454. The van der Waals surface area contributed by atoms with E-state index in [-0.39, 0.29) is 38.0 Å². The number of anilines is 1. The summed E-state index contributed by atoms with van der Waals surface area (Å²) in [7, 11) is 1.57. The molecule has 0 bridgehead atoms. The van der Waals surface area contributed by atoms with E-state index < -0.39 is 23.9 Å². The fourth-order valence-corrected chi connectivity index (χ4v) is 4.21. The summed E-state index contributed by atoms with van der Waals surface area (Å²) in [6.07, 6.45) is -5.39. The fourth-order valence-electron chi connectivity index (χ4n) is 4.21. The van der Waals surface area contributed by atoms with Crippen LogP contribution in [-0.2, 0) is 33.5 Å². The molecular weight excluding hydrogens is 501 g/mol. The van der Waals surface area contributed by atoms with Gasteiger partial charge in [-0.3, -0.25) is 9.59 Å². The van der Waals surface area contributed by atoms with Crippen LogP contribution >= 0.6 is 0 Å². The standard InChI is InChI=1S/C28H27F3N2O5/c1-37-23-12-4-18(5-13-23)14-25(34)32-22-10-6-20(7-11-22)27(36)24-16-38-17-26(35)33(24)15-19-2-8-21(9-3-19)28(29,30)31/h2-13,24,27,36H,14-17H2,1H3,(H,32,34). The van der Waals surface area contributed by atoms with Gasteiger partial charge in [-0.25, -0.2) is 0 Å². The highest BCUT2D eigenvalue weighted by Crippen LogP contribution is 2.30. The van der Waals surface area contributed by atoms with Gasteiger partial charge in [0.25, 0.3) is 0 Å². The Morgan fingerprint density at radius 1 is 1.05 bits per heavy atom. The van der Waals surface area contributed by atoms with Crippen LogP contribution in [0.3, 0.4) is 0 Å². The largest absolute Gasteiger partial charge is 0.497 e. The summed E-state index contributed by atoms with van der Waals surface area (Å²) in [5, 5.41) is 13.9. The van der Waals surface area contributed by atoms with Crippen molar-refractivity contribution in [3.8, 4) is 5.75 Å². The fraction of sp³-hybridized carbons (Fsp3) is 0.286. The highest BCUT2D eigenvalue weighted by molar-refractivity contribution is 5.92. The van der Waals surface area contributed by atoms with Gasteiger partial charge < -0.3 is 24.8 Å². The van der Waals surface area contributed by atoms with Crippen molar-refractivity contribution in [2.75, 3.05) is 25.6 Å². The number of aliphatic hydroxyl groups is 1. The second-order valence-electron chi connectivity index (χ2n) is 8.94. The zero-order chi connectivity index (χ0) is 27.3. The molecule has 0 aliphatic carbocycles. The van der Waals surface area contributed by atoms with Crippen LogP contribution in [0.1, 0.15) is 28.4 Å². The Hall–Kier alpha value is -3.89. The first kappa shape index (κ1) is 27.2. The Bertz CT molecular complexity index is 1250. The van der Waals surface area contributed by atoms with Gasteiger partial charge in [-0.05, 0) is 53.1 Å². The van der Waals surface area contributed by atoms with Gasteiger partial charge in [0.15, 0.2) is 0 Å². The summed E-state index contributed by atoms with van der Waals surface area (Å²) in [5.41, 5.74) is 1.59. The molecule has 3 aromatic carbocycles. The van der Waals surface area contributed by atoms with Crippen molar-refractivity contribution in [3.63, 3.8) is 0 Å². The molecule has 1 saturated heterocycles. The second kappa shape index (κ2) is 11.7. The summed E-state index contributed by atoms with van der Waals surface area (Å²) in [6, 6.07) is 17.6. The minimum absolute atomic E-state index is 0.0293. The third kappa shape index (κ3) is 6.70. The van der Waals surface area contributed by atoms with Gasteiger partial charge in [0.1, 0.15) is 18.5 Å². The lowest BCUT2D eigenvalue weighted by atomic mass is 9.99. The lowest BCUT2D eigenvalue weighted by Gasteiger charge is -2.38. The molecule has 7 nitrogen and oxygen atoms in total. The molecule has 200 valence electrons. The van der Waals surface area contributed by atoms with Gasteiger partial charge in [-0.2, -0.15) is 13.2 Å². The molecule has 0 radical (unpaired) electrons. The van der Waals surface area contributed by atoms with Crippen molar-refractivity contribution < 1.29 is 37.3 Å². The molecule has 0 saturated carbocycles. The first-order valence-corrected chi connectivity index (χ1v) is 11.9. The molecule has 38 heavy (non-hydrogen) atoms. The number of morpholine rings is 1. The molecule has 2 amide bonds. The maximum atomic E-state index is 12.9. The molecule has 2 N–H and O–H groups in total. The summed E-state index contributed by atoms with van der Waals surface area (Å²) < 4.78 is 49.1. The molecule has 1 aliphatic heterocycles. The van der Waals surface area contributed by atoms with Crippen LogP contribution in [0.15, 0.2) is 72.8 Å². The number of nitrogens with zero attached hydrogens (tertiary/aromatic N) is 1. The van der Waals surface area contributed by atoms with Gasteiger partial charge >= 0.3 is 6.18 Å². The molecule has 4 rings (SSSR count). The number of alkyl halides is 3. The van der Waals surface area contributed by atoms with Crippen LogP contribution in [0.2, 0.25) is 0 Å². The number of halogens is 3. The summed E-state index contributed by atoms with van der Waals surface area (Å²) in [4.78, 5) is 26.4. The number of benzene rings is 3. The van der Waals surface area contributed by atoms with Crippen LogP contribution in [0.5, 0.6) is 5.75 Å². The van der Waals surface area contributed by atoms with Crippen molar-refractivity contribution >= 4 is 17.5 Å². The molecule has 0 spiro atoms. The number of aliphatic hydroxyl groups excluding tert-OH is 1. The third-order valence-electron chi connectivity index (χ3n) is 6.29. The van der Waals surface area contributed by atoms with E-state index in [9.17, 15) is 27.9 Å². The minimum Gasteiger partial charge on any atom is -0.497 e. The third-order valence-corrected chi connectivity index (χ3v) is 6.29. The highest BCUT2D eigenvalue weighted by atomic mass is 19.4. The molecule has 2 unspecified atom stereocenters.